The SMILES string of the molecule is Cc1cccc(C(CNC(C)(C)C)Cc2ccc(Br)s2)c1. The number of benzene rings is 1. The third kappa shape index (κ3) is 5.57. The van der Waals surface area contributed by atoms with Crippen molar-refractivity contribution in [2.24, 2.45) is 0 Å². The standard InChI is InChI=1S/C18H24BrNS/c1-13-6-5-7-14(10-13)15(12-20-18(2,3)4)11-16-8-9-17(19)21-16/h5-10,15,20H,11-12H2,1-4H3. The van der Waals surface area contributed by atoms with E-state index in [0.717, 1.165) is 13.0 Å². The monoisotopic (exact) mass is 365 g/mol. The molecule has 0 aliphatic carbocycles. The molecule has 2 rings (SSSR count). The number of nitrogens with one attached hydrogen (secondary N) is 1. The summed E-state index contributed by atoms with van der Waals surface area (Å²) in [7, 11) is 0. The second kappa shape index (κ2) is 7.08. The second-order valence-corrected chi connectivity index (χ2v) is 9.20. The van der Waals surface area contributed by atoms with Gasteiger partial charge in [0.2, 0.25) is 0 Å². The maximum Gasteiger partial charge on any atom is 0.0701 e. The van der Waals surface area contributed by atoms with Crippen LogP contribution in [-0.2, 0) is 6.42 Å². The Morgan fingerprint density at radius 2 is 1.95 bits per heavy atom. The summed E-state index contributed by atoms with van der Waals surface area (Å²) >= 11 is 5.40. The highest BCUT2D eigenvalue weighted by atomic mass is 79.9. The molecular formula is C18H24BrNS. The first-order valence-electron chi connectivity index (χ1n) is 7.39. The number of rotatable bonds is 5. The Morgan fingerprint density at radius 3 is 2.52 bits per heavy atom. The Morgan fingerprint density at radius 1 is 1.19 bits per heavy atom. The van der Waals surface area contributed by atoms with Crippen LogP contribution in [0.4, 0.5) is 0 Å². The quantitative estimate of drug-likeness (QED) is 0.733. The number of aryl methyl sites for hydroxylation is 1. The fraction of sp³-hybridized carbons (Fsp3) is 0.444. The van der Waals surface area contributed by atoms with E-state index >= 15 is 0 Å². The molecule has 0 aliphatic rings. The predicted molar refractivity (Wildman–Crippen MR) is 97.4 cm³/mol. The topological polar surface area (TPSA) is 12.0 Å². The summed E-state index contributed by atoms with van der Waals surface area (Å²) in [6.07, 6.45) is 1.09. The Balaban J connectivity index is 2.17. The van der Waals surface area contributed by atoms with E-state index in [1.54, 1.807) is 0 Å². The van der Waals surface area contributed by atoms with Crippen LogP contribution < -0.4 is 5.32 Å². The zero-order valence-electron chi connectivity index (χ0n) is 13.2. The van der Waals surface area contributed by atoms with Gasteiger partial charge in [-0.3, -0.25) is 0 Å². The summed E-state index contributed by atoms with van der Waals surface area (Å²) in [4.78, 5) is 1.43. The lowest BCUT2D eigenvalue weighted by molar-refractivity contribution is 0.405. The largest absolute Gasteiger partial charge is 0.311 e. The zero-order chi connectivity index (χ0) is 15.5. The van der Waals surface area contributed by atoms with Gasteiger partial charge in [0.15, 0.2) is 0 Å². The minimum Gasteiger partial charge on any atom is -0.311 e. The van der Waals surface area contributed by atoms with Crippen LogP contribution in [0.25, 0.3) is 0 Å². The van der Waals surface area contributed by atoms with Gasteiger partial charge in [0.05, 0.1) is 3.79 Å². The van der Waals surface area contributed by atoms with E-state index in [0.29, 0.717) is 5.92 Å². The smallest absolute Gasteiger partial charge is 0.0701 e. The van der Waals surface area contributed by atoms with Crippen LogP contribution in [0.15, 0.2) is 40.2 Å². The maximum absolute atomic E-state index is 3.66. The van der Waals surface area contributed by atoms with E-state index in [4.69, 9.17) is 0 Å². The Labute approximate surface area is 140 Å². The summed E-state index contributed by atoms with van der Waals surface area (Å²) in [5, 5.41) is 3.66. The molecule has 0 spiro atoms. The maximum atomic E-state index is 3.66. The molecule has 1 aromatic carbocycles. The molecule has 0 saturated heterocycles. The van der Waals surface area contributed by atoms with Crippen molar-refractivity contribution in [2.45, 2.75) is 45.6 Å². The molecule has 1 N–H and O–H groups in total. The first-order valence-corrected chi connectivity index (χ1v) is 9.00. The number of hydrogen-bond donors (Lipinski definition) is 1. The molecule has 1 aromatic heterocycles. The molecule has 0 aliphatic heterocycles. The summed E-state index contributed by atoms with van der Waals surface area (Å²) in [6, 6.07) is 13.3. The molecular weight excluding hydrogens is 342 g/mol. The van der Waals surface area contributed by atoms with Crippen molar-refractivity contribution in [3.63, 3.8) is 0 Å². The van der Waals surface area contributed by atoms with Crippen LogP contribution in [0.3, 0.4) is 0 Å². The zero-order valence-corrected chi connectivity index (χ0v) is 15.6. The van der Waals surface area contributed by atoms with E-state index in [1.807, 2.05) is 11.3 Å². The molecule has 114 valence electrons. The number of halogens is 1. The molecule has 1 unspecified atom stereocenters. The fourth-order valence-corrected chi connectivity index (χ4v) is 3.93. The lowest BCUT2D eigenvalue weighted by Crippen LogP contribution is -2.39. The van der Waals surface area contributed by atoms with Gasteiger partial charge >= 0.3 is 0 Å². The lowest BCUT2D eigenvalue weighted by atomic mass is 9.92. The van der Waals surface area contributed by atoms with Gasteiger partial charge in [-0.05, 0) is 67.7 Å². The number of thiophene rings is 1. The van der Waals surface area contributed by atoms with Gasteiger partial charge in [0.25, 0.3) is 0 Å². The van der Waals surface area contributed by atoms with Crippen LogP contribution in [0, 0.1) is 6.92 Å². The minimum absolute atomic E-state index is 0.151. The molecule has 0 saturated carbocycles. The lowest BCUT2D eigenvalue weighted by Gasteiger charge is -2.25. The molecule has 3 heteroatoms. The highest BCUT2D eigenvalue weighted by molar-refractivity contribution is 9.11. The molecule has 0 radical (unpaired) electrons. The molecule has 1 atom stereocenters. The van der Waals surface area contributed by atoms with E-state index < -0.39 is 0 Å². The summed E-state index contributed by atoms with van der Waals surface area (Å²) in [6.45, 7) is 9.84. The summed E-state index contributed by atoms with van der Waals surface area (Å²) in [5.74, 6) is 0.509. The van der Waals surface area contributed by atoms with Gasteiger partial charge in [-0.2, -0.15) is 0 Å². The first-order chi connectivity index (χ1) is 9.83. The van der Waals surface area contributed by atoms with Gasteiger partial charge in [-0.1, -0.05) is 29.8 Å². The van der Waals surface area contributed by atoms with E-state index in [9.17, 15) is 0 Å². The fourth-order valence-electron chi connectivity index (χ4n) is 2.37. The average molecular weight is 366 g/mol. The second-order valence-electron chi connectivity index (χ2n) is 6.65. The van der Waals surface area contributed by atoms with Crippen LogP contribution in [0.5, 0.6) is 0 Å². The molecule has 2 aromatic rings. The predicted octanol–water partition coefficient (Wildman–Crippen LogP) is 5.53. The summed E-state index contributed by atoms with van der Waals surface area (Å²) < 4.78 is 1.21. The molecule has 21 heavy (non-hydrogen) atoms. The van der Waals surface area contributed by atoms with Gasteiger partial charge in [-0.15, -0.1) is 11.3 Å². The van der Waals surface area contributed by atoms with Crippen molar-refractivity contribution in [1.29, 1.82) is 0 Å². The highest BCUT2D eigenvalue weighted by Gasteiger charge is 2.17. The average Bonchev–Trinajstić information content (AvgIpc) is 2.79. The molecule has 1 nitrogen and oxygen atoms in total. The van der Waals surface area contributed by atoms with Crippen molar-refractivity contribution in [3.8, 4) is 0 Å². The normalized spacial score (nSPS) is 13.4. The molecule has 0 bridgehead atoms. The van der Waals surface area contributed by atoms with Gasteiger partial charge in [0, 0.05) is 22.9 Å². The van der Waals surface area contributed by atoms with Crippen molar-refractivity contribution < 1.29 is 0 Å². The Bertz CT molecular complexity index is 583. The van der Waals surface area contributed by atoms with Crippen LogP contribution in [0.2, 0.25) is 0 Å². The van der Waals surface area contributed by atoms with Crippen molar-refractivity contribution in [1.82, 2.24) is 5.32 Å². The first kappa shape index (κ1) is 16.7. The van der Waals surface area contributed by atoms with Crippen LogP contribution in [-0.4, -0.2) is 12.1 Å². The number of hydrogen-bond acceptors (Lipinski definition) is 2. The van der Waals surface area contributed by atoms with E-state index in [1.165, 1.54) is 19.8 Å². The molecule has 0 amide bonds. The van der Waals surface area contributed by atoms with Gasteiger partial charge < -0.3 is 5.32 Å². The molecule has 0 fully saturated rings. The van der Waals surface area contributed by atoms with Gasteiger partial charge in [-0.25, -0.2) is 0 Å². The van der Waals surface area contributed by atoms with Crippen molar-refractivity contribution in [2.75, 3.05) is 6.54 Å². The molecule has 1 heterocycles. The van der Waals surface area contributed by atoms with Crippen molar-refractivity contribution >= 4 is 27.3 Å². The highest BCUT2D eigenvalue weighted by Crippen LogP contribution is 2.28. The van der Waals surface area contributed by atoms with E-state index in [2.05, 4.69) is 85.3 Å². The minimum atomic E-state index is 0.151. The Kier molecular flexibility index (Phi) is 5.64. The van der Waals surface area contributed by atoms with Crippen molar-refractivity contribution in [3.05, 3.63) is 56.2 Å². The third-order valence-corrected chi connectivity index (χ3v) is 5.11. The van der Waals surface area contributed by atoms with Crippen LogP contribution in [0.1, 0.15) is 42.7 Å². The third-order valence-electron chi connectivity index (χ3n) is 3.47. The Hall–Kier alpha value is -0.640. The van der Waals surface area contributed by atoms with Gasteiger partial charge in [0.1, 0.15) is 0 Å². The van der Waals surface area contributed by atoms with Crippen LogP contribution >= 0.6 is 27.3 Å². The summed E-state index contributed by atoms with van der Waals surface area (Å²) in [5.41, 5.74) is 2.91. The van der Waals surface area contributed by atoms with E-state index in [-0.39, 0.29) is 5.54 Å².